The summed E-state index contributed by atoms with van der Waals surface area (Å²) in [5, 5.41) is 4.05. The molecule has 2 aromatic rings. The van der Waals surface area contributed by atoms with Crippen molar-refractivity contribution in [2.24, 2.45) is 17.4 Å². The standard InChI is InChI=1S/C16H19ClN2.C15H18N4O5/c1-19(2)12-10-15(16-5-3-4-11-18-16)13-6-8-14(17)9-7-13;1-5-9(16)12(21)8-6(4-24-14(17)22)15(23-2)13-7(18-13)3-19(15)10(8)11(5)20/h3-9,11,15H,10,12H2,1-2H3;6-7,13,18H,3-4,16H2,1-2H3,(H2,17,22)/t;6-,7+,13+,15-/m.1/s1. The topological polar surface area (TPSA) is 163 Å². The van der Waals surface area contributed by atoms with Crippen molar-refractivity contribution in [2.45, 2.75) is 37.1 Å². The van der Waals surface area contributed by atoms with E-state index in [4.69, 9.17) is 32.5 Å². The maximum absolute atomic E-state index is 12.8. The molecule has 1 aromatic carbocycles. The fourth-order valence-corrected chi connectivity index (χ4v) is 6.59. The molecule has 4 heterocycles. The first-order valence-corrected chi connectivity index (χ1v) is 14.5. The molecule has 1 amide bonds. The minimum atomic E-state index is -0.957. The number of methoxy groups -OCH3 is 1. The van der Waals surface area contributed by atoms with E-state index in [9.17, 15) is 14.4 Å². The van der Waals surface area contributed by atoms with Gasteiger partial charge in [-0.25, -0.2) is 4.79 Å². The van der Waals surface area contributed by atoms with Gasteiger partial charge in [-0.15, -0.1) is 0 Å². The Balaban J connectivity index is 0.000000177. The molecule has 1 aliphatic carbocycles. The molecule has 0 bridgehead atoms. The Morgan fingerprint density at radius 1 is 1.21 bits per heavy atom. The average Bonchev–Trinajstić information content (AvgIpc) is 3.61. The SMILES string of the molecule is CN(C)CCC(c1ccc(Cl)cc1)c1ccccn1.CO[C@@]12[C@H](COC(N)=O)C3=C(C(=O)C(C)=C(N)C3=O)N1C[C@@H]1N[C@@H]12. The third kappa shape index (κ3) is 5.53. The Labute approximate surface area is 255 Å². The highest BCUT2D eigenvalue weighted by atomic mass is 35.5. The Kier molecular flexibility index (Phi) is 8.62. The zero-order valence-electron chi connectivity index (χ0n) is 24.7. The fourth-order valence-electron chi connectivity index (χ4n) is 6.46. The van der Waals surface area contributed by atoms with Crippen LogP contribution in [0, 0.1) is 5.92 Å². The second-order valence-electron chi connectivity index (χ2n) is 11.4. The molecule has 12 heteroatoms. The molecule has 11 nitrogen and oxygen atoms in total. The lowest BCUT2D eigenvalue weighted by Crippen LogP contribution is -2.55. The highest BCUT2D eigenvalue weighted by Crippen LogP contribution is 2.55. The number of pyridine rings is 1. The fraction of sp³-hybridized carbons (Fsp3) is 0.419. The molecule has 5 N–H and O–H groups in total. The van der Waals surface area contributed by atoms with Gasteiger partial charge in [0.1, 0.15) is 6.61 Å². The maximum Gasteiger partial charge on any atom is 0.404 e. The summed E-state index contributed by atoms with van der Waals surface area (Å²) in [6.45, 7) is 2.95. The highest BCUT2D eigenvalue weighted by molar-refractivity contribution is 6.30. The first-order chi connectivity index (χ1) is 20.5. The van der Waals surface area contributed by atoms with Gasteiger partial charge in [0.25, 0.3) is 0 Å². The van der Waals surface area contributed by atoms with Crippen LogP contribution in [-0.4, -0.2) is 91.2 Å². The lowest BCUT2D eigenvalue weighted by Gasteiger charge is -2.39. The predicted octanol–water partition coefficient (Wildman–Crippen LogP) is 2.17. The second-order valence-corrected chi connectivity index (χ2v) is 11.8. The number of ether oxygens (including phenoxy) is 2. The van der Waals surface area contributed by atoms with Crippen LogP contribution in [0.4, 0.5) is 4.79 Å². The number of amides is 1. The number of allylic oxidation sites excluding steroid dienone is 2. The van der Waals surface area contributed by atoms with Crippen LogP contribution in [-0.2, 0) is 19.1 Å². The molecule has 43 heavy (non-hydrogen) atoms. The minimum absolute atomic E-state index is 0.0586. The monoisotopic (exact) mass is 608 g/mol. The Hall–Kier alpha value is -3.77. The average molecular weight is 609 g/mol. The van der Waals surface area contributed by atoms with Crippen molar-refractivity contribution >= 4 is 29.3 Å². The van der Waals surface area contributed by atoms with Crippen LogP contribution >= 0.6 is 11.6 Å². The number of aromatic nitrogens is 1. The van der Waals surface area contributed by atoms with Crippen molar-refractivity contribution in [1.82, 2.24) is 20.1 Å². The Bertz CT molecular complexity index is 1480. The van der Waals surface area contributed by atoms with Gasteiger partial charge in [-0.2, -0.15) is 0 Å². The van der Waals surface area contributed by atoms with E-state index < -0.39 is 23.5 Å². The number of halogens is 1. The highest BCUT2D eigenvalue weighted by Gasteiger charge is 2.72. The summed E-state index contributed by atoms with van der Waals surface area (Å²) in [5.41, 5.74) is 13.1. The van der Waals surface area contributed by atoms with Crippen LogP contribution in [0.25, 0.3) is 0 Å². The van der Waals surface area contributed by atoms with Crippen molar-refractivity contribution < 1.29 is 23.9 Å². The summed E-state index contributed by atoms with van der Waals surface area (Å²) in [4.78, 5) is 45.1. The molecule has 3 aliphatic heterocycles. The van der Waals surface area contributed by atoms with E-state index in [0.717, 1.165) is 23.7 Å². The van der Waals surface area contributed by atoms with Gasteiger partial charge >= 0.3 is 6.09 Å². The van der Waals surface area contributed by atoms with Crippen LogP contribution in [0.5, 0.6) is 0 Å². The van der Waals surface area contributed by atoms with Gasteiger partial charge in [0.05, 0.1) is 23.4 Å². The third-order valence-electron chi connectivity index (χ3n) is 8.66. The van der Waals surface area contributed by atoms with Crippen molar-refractivity contribution in [3.8, 4) is 0 Å². The molecule has 6 rings (SSSR count). The zero-order chi connectivity index (χ0) is 31.1. The number of benzene rings is 1. The largest absolute Gasteiger partial charge is 0.449 e. The van der Waals surface area contributed by atoms with Crippen LogP contribution < -0.4 is 16.8 Å². The van der Waals surface area contributed by atoms with Crippen LogP contribution in [0.3, 0.4) is 0 Å². The lowest BCUT2D eigenvalue weighted by molar-refractivity contribution is -0.137. The number of nitrogens with two attached hydrogens (primary N) is 2. The first-order valence-electron chi connectivity index (χ1n) is 14.1. The molecule has 5 atom stereocenters. The number of rotatable bonds is 8. The zero-order valence-corrected chi connectivity index (χ0v) is 25.4. The summed E-state index contributed by atoms with van der Waals surface area (Å²) < 4.78 is 10.8. The predicted molar refractivity (Wildman–Crippen MR) is 161 cm³/mol. The van der Waals surface area contributed by atoms with Crippen molar-refractivity contribution in [3.63, 3.8) is 0 Å². The number of piperazine rings is 1. The van der Waals surface area contributed by atoms with Gasteiger partial charge in [-0.05, 0) is 63.8 Å². The van der Waals surface area contributed by atoms with Crippen LogP contribution in [0.1, 0.15) is 30.5 Å². The number of nitrogens with zero attached hydrogens (tertiary/aromatic N) is 3. The number of carbonyl (C=O) groups is 3. The summed E-state index contributed by atoms with van der Waals surface area (Å²) in [7, 11) is 5.71. The Morgan fingerprint density at radius 3 is 2.53 bits per heavy atom. The molecule has 1 aromatic heterocycles. The van der Waals surface area contributed by atoms with Crippen LogP contribution in [0.2, 0.25) is 5.02 Å². The number of fused-ring (bicyclic) bond motifs is 4. The van der Waals surface area contributed by atoms with Gasteiger partial charge in [0, 0.05) is 53.7 Å². The quantitative estimate of drug-likeness (QED) is 0.299. The molecule has 2 saturated heterocycles. The summed E-state index contributed by atoms with van der Waals surface area (Å²) in [6.07, 6.45) is 1.95. The number of nitrogens with one attached hydrogen (secondary N) is 1. The first kappa shape index (κ1) is 30.7. The van der Waals surface area contributed by atoms with Gasteiger partial charge in [-0.3, -0.25) is 14.6 Å². The second kappa shape index (κ2) is 12.1. The number of Topliss-reactive ketones (excluding diaryl/α,β-unsaturated/α-hetero) is 2. The number of primary amides is 1. The van der Waals surface area contributed by atoms with E-state index >= 15 is 0 Å². The molecule has 1 unspecified atom stereocenters. The van der Waals surface area contributed by atoms with Gasteiger partial charge < -0.3 is 36.1 Å². The molecule has 0 saturated carbocycles. The summed E-state index contributed by atoms with van der Waals surface area (Å²) in [5.74, 6) is -1.02. The summed E-state index contributed by atoms with van der Waals surface area (Å²) in [6, 6.07) is 14.3. The van der Waals surface area contributed by atoms with Crippen molar-refractivity contribution in [3.05, 3.63) is 87.5 Å². The van der Waals surface area contributed by atoms with Gasteiger partial charge in [0.2, 0.25) is 11.6 Å². The molecule has 4 aliphatic rings. The van der Waals surface area contributed by atoms with E-state index in [0.29, 0.717) is 18.2 Å². The molecule has 228 valence electrons. The number of hydrogen-bond acceptors (Lipinski definition) is 10. The molecular formula is C31H37ClN6O5. The smallest absolute Gasteiger partial charge is 0.404 e. The van der Waals surface area contributed by atoms with E-state index in [1.54, 1.807) is 0 Å². The molecule has 2 fully saturated rings. The van der Waals surface area contributed by atoms with Crippen molar-refractivity contribution in [2.75, 3.05) is 40.9 Å². The molecule has 0 spiro atoms. The normalized spacial score (nSPS) is 26.1. The molecule has 0 radical (unpaired) electrons. The van der Waals surface area contributed by atoms with Gasteiger partial charge in [-0.1, -0.05) is 29.8 Å². The van der Waals surface area contributed by atoms with Crippen molar-refractivity contribution in [1.29, 1.82) is 0 Å². The minimum Gasteiger partial charge on any atom is -0.449 e. The van der Waals surface area contributed by atoms with E-state index in [1.807, 2.05) is 35.4 Å². The number of hydrogen-bond donors (Lipinski definition) is 3. The van der Waals surface area contributed by atoms with E-state index in [-0.39, 0.29) is 41.3 Å². The summed E-state index contributed by atoms with van der Waals surface area (Å²) >= 11 is 5.97. The van der Waals surface area contributed by atoms with Gasteiger partial charge in [0.15, 0.2) is 5.72 Å². The Morgan fingerprint density at radius 2 is 1.93 bits per heavy atom. The number of carbonyl (C=O) groups excluding carboxylic acids is 3. The molecular weight excluding hydrogens is 572 g/mol. The lowest BCUT2D eigenvalue weighted by atomic mass is 9.82. The number of ketones is 2. The van der Waals surface area contributed by atoms with Crippen LogP contribution in [0.15, 0.2) is 71.2 Å². The van der Waals surface area contributed by atoms with E-state index in [1.165, 1.54) is 19.6 Å². The maximum atomic E-state index is 12.8. The third-order valence-corrected chi connectivity index (χ3v) is 8.91. The van der Waals surface area contributed by atoms with E-state index in [2.05, 4.69) is 47.5 Å².